The molecule has 0 amide bonds. The molecule has 0 atom stereocenters. The maximum absolute atomic E-state index is 6.23. The van der Waals surface area contributed by atoms with Crippen molar-refractivity contribution >= 4 is 0 Å². The van der Waals surface area contributed by atoms with Crippen LogP contribution in [0.5, 0.6) is 5.75 Å². The molecule has 0 saturated heterocycles. The van der Waals surface area contributed by atoms with Crippen molar-refractivity contribution in [1.82, 2.24) is 0 Å². The summed E-state index contributed by atoms with van der Waals surface area (Å²) in [6, 6.07) is 11.3. The van der Waals surface area contributed by atoms with Crippen LogP contribution < -0.4 is 26.3 Å². The molecule has 1 aromatic heterocycles. The third-order valence-corrected chi connectivity index (χ3v) is 5.69. The van der Waals surface area contributed by atoms with Gasteiger partial charge in [0.15, 0.2) is 11.9 Å². The van der Waals surface area contributed by atoms with Crippen LogP contribution in [0.25, 0.3) is 0 Å². The van der Waals surface area contributed by atoms with E-state index in [1.807, 2.05) is 0 Å². The Morgan fingerprint density at radius 3 is 2.27 bits per heavy atom. The number of ether oxygens (including phenoxy) is 1. The second kappa shape index (κ2) is 15.5. The van der Waals surface area contributed by atoms with Crippen LogP contribution in [-0.2, 0) is 19.4 Å². The lowest BCUT2D eigenvalue weighted by atomic mass is 10.00. The van der Waals surface area contributed by atoms with E-state index in [2.05, 4.69) is 68.8 Å². The Labute approximate surface area is 195 Å². The van der Waals surface area contributed by atoms with Gasteiger partial charge in [-0.1, -0.05) is 51.7 Å². The first-order chi connectivity index (χ1) is 14.1. The zero-order chi connectivity index (χ0) is 20.9. The summed E-state index contributed by atoms with van der Waals surface area (Å²) < 4.78 is 8.59. The summed E-state index contributed by atoms with van der Waals surface area (Å²) in [7, 11) is 0. The summed E-state index contributed by atoms with van der Waals surface area (Å²) in [5, 5.41) is 0. The van der Waals surface area contributed by atoms with Crippen molar-refractivity contribution in [2.24, 2.45) is 0 Å². The molecule has 1 heterocycles. The van der Waals surface area contributed by atoms with E-state index in [9.17, 15) is 0 Å². The summed E-state index contributed by atoms with van der Waals surface area (Å²) in [6.07, 6.45) is 14.5. The Kier molecular flexibility index (Phi) is 13.7. The van der Waals surface area contributed by atoms with E-state index in [1.165, 1.54) is 67.3 Å². The largest absolute Gasteiger partial charge is 1.00 e. The normalized spacial score (nSPS) is 10.7. The lowest BCUT2D eigenvalue weighted by Gasteiger charge is -2.13. The van der Waals surface area contributed by atoms with Crippen LogP contribution in [0.2, 0.25) is 0 Å². The molecule has 1 aromatic carbocycles. The fraction of sp³-hybridized carbons (Fsp3) is 0.593. The first kappa shape index (κ1) is 26.7. The van der Waals surface area contributed by atoms with Gasteiger partial charge < -0.3 is 21.7 Å². The molecule has 0 N–H and O–H groups in total. The highest BCUT2D eigenvalue weighted by molar-refractivity contribution is 5.37. The van der Waals surface area contributed by atoms with Crippen molar-refractivity contribution in [2.45, 2.75) is 98.4 Å². The smallest absolute Gasteiger partial charge is 0.178 e. The van der Waals surface area contributed by atoms with E-state index in [0.717, 1.165) is 38.2 Å². The molecule has 0 spiro atoms. The van der Waals surface area contributed by atoms with Crippen LogP contribution in [-0.4, -0.2) is 6.61 Å². The minimum absolute atomic E-state index is 0. The third kappa shape index (κ3) is 9.64. The van der Waals surface area contributed by atoms with Crippen LogP contribution in [0.1, 0.15) is 87.6 Å². The Bertz CT molecular complexity index is 729. The Hall–Kier alpha value is -1.35. The number of hydrogen-bond acceptors (Lipinski definition) is 1. The quantitative estimate of drug-likeness (QED) is 0.298. The van der Waals surface area contributed by atoms with Crippen molar-refractivity contribution < 1.29 is 26.3 Å². The van der Waals surface area contributed by atoms with Gasteiger partial charge >= 0.3 is 0 Å². The summed E-state index contributed by atoms with van der Waals surface area (Å²) in [4.78, 5) is 0. The zero-order valence-electron chi connectivity index (χ0n) is 19.7. The van der Waals surface area contributed by atoms with E-state index >= 15 is 0 Å². The molecule has 168 valence electrons. The summed E-state index contributed by atoms with van der Waals surface area (Å²) in [5.74, 6) is 1.11. The first-order valence-electron chi connectivity index (χ1n) is 11.8. The molecule has 0 fully saturated rings. The summed E-state index contributed by atoms with van der Waals surface area (Å²) in [6.45, 7) is 10.8. The molecule has 2 rings (SSSR count). The van der Waals surface area contributed by atoms with Crippen LogP contribution in [0.15, 0.2) is 36.5 Å². The number of rotatable bonds is 14. The Morgan fingerprint density at radius 2 is 1.53 bits per heavy atom. The molecule has 30 heavy (non-hydrogen) atoms. The standard InChI is InChI=1S/C27H42NO.BrH/c1-5-7-9-13-25-17-18-27(26(21-25)14-10-8-6-2)29-20-12-11-19-28-22-23(3)15-16-24(28)4;/h15-18,21-22H,5-14,19-20H2,1-4H3;1H/q+1;/p-1. The Balaban J connectivity index is 0.00000450. The van der Waals surface area contributed by atoms with E-state index in [1.54, 1.807) is 0 Å². The van der Waals surface area contributed by atoms with Gasteiger partial charge in [0.25, 0.3) is 0 Å². The average molecular weight is 477 g/mol. The van der Waals surface area contributed by atoms with Gasteiger partial charge in [0, 0.05) is 25.0 Å². The van der Waals surface area contributed by atoms with Gasteiger partial charge in [-0.2, -0.15) is 0 Å². The highest BCUT2D eigenvalue weighted by Gasteiger charge is 2.08. The van der Waals surface area contributed by atoms with Gasteiger partial charge in [0.05, 0.1) is 6.61 Å². The third-order valence-electron chi connectivity index (χ3n) is 5.69. The zero-order valence-corrected chi connectivity index (χ0v) is 21.3. The van der Waals surface area contributed by atoms with Gasteiger partial charge in [-0.05, 0) is 62.3 Å². The van der Waals surface area contributed by atoms with Gasteiger partial charge in [0.2, 0.25) is 0 Å². The second-order valence-corrected chi connectivity index (χ2v) is 8.45. The lowest BCUT2D eigenvalue weighted by Crippen LogP contribution is -3.00. The molecule has 2 nitrogen and oxygen atoms in total. The lowest BCUT2D eigenvalue weighted by molar-refractivity contribution is -0.703. The van der Waals surface area contributed by atoms with Crippen molar-refractivity contribution in [3.63, 3.8) is 0 Å². The number of halogens is 1. The molecule has 3 heteroatoms. The maximum atomic E-state index is 6.23. The molecule has 2 aromatic rings. The number of hydrogen-bond donors (Lipinski definition) is 0. The SMILES string of the molecule is CCCCCc1ccc(OCCCC[n+]2cc(C)ccc2C)c(CCCCC)c1.[Br-]. The molecule has 0 aliphatic carbocycles. The minimum atomic E-state index is 0. The van der Waals surface area contributed by atoms with Gasteiger partial charge in [0.1, 0.15) is 12.3 Å². The molecule has 0 unspecified atom stereocenters. The number of pyridine rings is 1. The minimum Gasteiger partial charge on any atom is -1.00 e. The van der Waals surface area contributed by atoms with E-state index < -0.39 is 0 Å². The summed E-state index contributed by atoms with van der Waals surface area (Å²) >= 11 is 0. The monoisotopic (exact) mass is 475 g/mol. The summed E-state index contributed by atoms with van der Waals surface area (Å²) in [5.41, 5.74) is 5.54. The van der Waals surface area contributed by atoms with Crippen molar-refractivity contribution in [1.29, 1.82) is 0 Å². The van der Waals surface area contributed by atoms with Crippen molar-refractivity contribution in [2.75, 3.05) is 6.61 Å². The van der Waals surface area contributed by atoms with E-state index in [0.29, 0.717) is 0 Å². The van der Waals surface area contributed by atoms with Gasteiger partial charge in [-0.25, -0.2) is 4.57 Å². The molecule has 0 aliphatic rings. The van der Waals surface area contributed by atoms with Crippen molar-refractivity contribution in [3.05, 3.63) is 58.9 Å². The molecule has 0 bridgehead atoms. The fourth-order valence-corrected chi connectivity index (χ4v) is 3.81. The number of aryl methyl sites for hydroxylation is 5. The number of aromatic nitrogens is 1. The molecule has 0 saturated carbocycles. The first-order valence-corrected chi connectivity index (χ1v) is 11.8. The number of benzene rings is 1. The van der Waals surface area contributed by atoms with E-state index in [4.69, 9.17) is 4.74 Å². The average Bonchev–Trinajstić information content (AvgIpc) is 2.72. The van der Waals surface area contributed by atoms with Crippen LogP contribution in [0.4, 0.5) is 0 Å². The predicted octanol–water partition coefficient (Wildman–Crippen LogP) is 3.92. The highest BCUT2D eigenvalue weighted by atomic mass is 79.9. The van der Waals surface area contributed by atoms with Crippen molar-refractivity contribution in [3.8, 4) is 5.75 Å². The van der Waals surface area contributed by atoms with Crippen LogP contribution in [0, 0.1) is 13.8 Å². The topological polar surface area (TPSA) is 13.1 Å². The number of nitrogens with zero attached hydrogens (tertiary/aromatic N) is 1. The number of unbranched alkanes of at least 4 members (excludes halogenated alkanes) is 5. The predicted molar refractivity (Wildman–Crippen MR) is 124 cm³/mol. The van der Waals surface area contributed by atoms with Crippen LogP contribution >= 0.6 is 0 Å². The van der Waals surface area contributed by atoms with E-state index in [-0.39, 0.29) is 17.0 Å². The van der Waals surface area contributed by atoms with Gasteiger partial charge in [-0.15, -0.1) is 0 Å². The molecular weight excluding hydrogens is 434 g/mol. The Morgan fingerprint density at radius 1 is 0.800 bits per heavy atom. The van der Waals surface area contributed by atoms with Crippen LogP contribution in [0.3, 0.4) is 0 Å². The molecule has 0 aliphatic heterocycles. The molecular formula is C27H42BrNO. The maximum Gasteiger partial charge on any atom is 0.178 e. The second-order valence-electron chi connectivity index (χ2n) is 8.45. The fourth-order valence-electron chi connectivity index (χ4n) is 3.81. The highest BCUT2D eigenvalue weighted by Crippen LogP contribution is 2.24. The van der Waals surface area contributed by atoms with Gasteiger partial charge in [-0.3, -0.25) is 0 Å². The molecule has 0 radical (unpaired) electrons.